The molecular formula is C16H16Cl2N2O. The van der Waals surface area contributed by atoms with E-state index >= 15 is 0 Å². The van der Waals surface area contributed by atoms with Gasteiger partial charge in [0.05, 0.1) is 12.6 Å². The first-order chi connectivity index (χ1) is 10.2. The molecule has 0 saturated heterocycles. The lowest BCUT2D eigenvalue weighted by molar-refractivity contribution is 0.283. The molecule has 3 N–H and O–H groups in total. The van der Waals surface area contributed by atoms with Crippen LogP contribution in [0, 0.1) is 0 Å². The molecule has 1 heterocycles. The Kier molecular flexibility index (Phi) is 4.36. The van der Waals surface area contributed by atoms with E-state index in [9.17, 15) is 0 Å². The molecular weight excluding hydrogens is 307 g/mol. The van der Waals surface area contributed by atoms with Crippen LogP contribution in [-0.4, -0.2) is 6.61 Å². The molecule has 0 spiro atoms. The van der Waals surface area contributed by atoms with Crippen LogP contribution in [0.4, 0.5) is 0 Å². The van der Waals surface area contributed by atoms with E-state index in [2.05, 4.69) is 11.5 Å². The number of para-hydroxylation sites is 1. The van der Waals surface area contributed by atoms with Crippen molar-refractivity contribution in [1.29, 1.82) is 0 Å². The van der Waals surface area contributed by atoms with Crippen molar-refractivity contribution < 1.29 is 4.74 Å². The van der Waals surface area contributed by atoms with Crippen LogP contribution in [0.15, 0.2) is 36.4 Å². The predicted molar refractivity (Wildman–Crippen MR) is 85.9 cm³/mol. The van der Waals surface area contributed by atoms with Gasteiger partial charge in [-0.15, -0.1) is 0 Å². The molecule has 0 amide bonds. The Morgan fingerprint density at radius 1 is 1.10 bits per heavy atom. The minimum absolute atomic E-state index is 0.306. The van der Waals surface area contributed by atoms with Gasteiger partial charge in [0.25, 0.3) is 0 Å². The van der Waals surface area contributed by atoms with E-state index in [1.54, 1.807) is 0 Å². The van der Waals surface area contributed by atoms with Crippen LogP contribution in [0.5, 0.6) is 5.75 Å². The van der Waals surface area contributed by atoms with Gasteiger partial charge in [-0.1, -0.05) is 47.5 Å². The van der Waals surface area contributed by atoms with Crippen molar-refractivity contribution in [2.45, 2.75) is 18.9 Å². The lowest BCUT2D eigenvalue weighted by Gasteiger charge is -2.26. The van der Waals surface area contributed by atoms with Crippen LogP contribution in [0.2, 0.25) is 10.0 Å². The van der Waals surface area contributed by atoms with Gasteiger partial charge in [0.15, 0.2) is 0 Å². The van der Waals surface area contributed by atoms with Crippen LogP contribution >= 0.6 is 23.2 Å². The van der Waals surface area contributed by atoms with E-state index in [1.165, 1.54) is 5.56 Å². The third-order valence-electron chi connectivity index (χ3n) is 3.73. The van der Waals surface area contributed by atoms with Gasteiger partial charge < -0.3 is 4.74 Å². The first kappa shape index (κ1) is 14.7. The molecule has 0 aliphatic carbocycles. The van der Waals surface area contributed by atoms with E-state index in [1.807, 2.05) is 30.3 Å². The minimum atomic E-state index is -0.306. The standard InChI is InChI=1S/C16H16Cl2N2O/c17-12-7-2-8-13(18)14(12)15(20-19)11-6-1-4-10-5-3-9-21-16(10)11/h1-2,4,6-8,15,20H,3,5,9,19H2. The number of hydrazine groups is 1. The van der Waals surface area contributed by atoms with Crippen molar-refractivity contribution >= 4 is 23.2 Å². The van der Waals surface area contributed by atoms with Gasteiger partial charge in [0, 0.05) is 21.2 Å². The predicted octanol–water partition coefficient (Wildman–Crippen LogP) is 3.87. The maximum atomic E-state index is 6.32. The lowest BCUT2D eigenvalue weighted by atomic mass is 9.94. The smallest absolute Gasteiger partial charge is 0.127 e. The second-order valence-electron chi connectivity index (χ2n) is 5.02. The molecule has 1 atom stereocenters. The van der Waals surface area contributed by atoms with Crippen molar-refractivity contribution in [1.82, 2.24) is 5.43 Å². The van der Waals surface area contributed by atoms with Crippen LogP contribution < -0.4 is 16.0 Å². The molecule has 1 unspecified atom stereocenters. The molecule has 5 heteroatoms. The van der Waals surface area contributed by atoms with Gasteiger partial charge in [0.1, 0.15) is 5.75 Å². The van der Waals surface area contributed by atoms with E-state index < -0.39 is 0 Å². The van der Waals surface area contributed by atoms with Crippen molar-refractivity contribution in [3.8, 4) is 5.75 Å². The SMILES string of the molecule is NNC(c1cccc2c1OCCC2)c1c(Cl)cccc1Cl. The van der Waals surface area contributed by atoms with Crippen molar-refractivity contribution in [3.05, 3.63) is 63.1 Å². The summed E-state index contributed by atoms with van der Waals surface area (Å²) in [5.41, 5.74) is 5.75. The summed E-state index contributed by atoms with van der Waals surface area (Å²) in [6, 6.07) is 11.2. The summed E-state index contributed by atoms with van der Waals surface area (Å²) < 4.78 is 5.86. The summed E-state index contributed by atoms with van der Waals surface area (Å²) in [6.07, 6.45) is 2.04. The summed E-state index contributed by atoms with van der Waals surface area (Å²) in [4.78, 5) is 0. The van der Waals surface area contributed by atoms with Gasteiger partial charge in [0.2, 0.25) is 0 Å². The third-order valence-corrected chi connectivity index (χ3v) is 4.39. The van der Waals surface area contributed by atoms with Gasteiger partial charge >= 0.3 is 0 Å². The van der Waals surface area contributed by atoms with E-state index in [-0.39, 0.29) is 6.04 Å². The molecule has 0 fully saturated rings. The van der Waals surface area contributed by atoms with Gasteiger partial charge in [-0.25, -0.2) is 5.43 Å². The molecule has 2 aromatic rings. The number of nitrogens with one attached hydrogen (secondary N) is 1. The summed E-state index contributed by atoms with van der Waals surface area (Å²) >= 11 is 12.6. The van der Waals surface area contributed by atoms with Crippen molar-refractivity contribution in [2.24, 2.45) is 5.84 Å². The highest BCUT2D eigenvalue weighted by Crippen LogP contribution is 2.39. The number of hydrogen-bond donors (Lipinski definition) is 2. The first-order valence-corrected chi connectivity index (χ1v) is 7.62. The maximum absolute atomic E-state index is 6.32. The second kappa shape index (κ2) is 6.24. The number of rotatable bonds is 3. The fourth-order valence-corrected chi connectivity index (χ4v) is 3.37. The monoisotopic (exact) mass is 322 g/mol. The van der Waals surface area contributed by atoms with Crippen molar-refractivity contribution in [3.63, 3.8) is 0 Å². The van der Waals surface area contributed by atoms with Gasteiger partial charge in [-0.05, 0) is 30.5 Å². The molecule has 0 bridgehead atoms. The number of ether oxygens (including phenoxy) is 1. The van der Waals surface area contributed by atoms with Gasteiger partial charge in [-0.3, -0.25) is 5.84 Å². The number of halogens is 2. The Balaban J connectivity index is 2.13. The molecule has 0 saturated carbocycles. The number of aryl methyl sites for hydroxylation is 1. The highest BCUT2D eigenvalue weighted by molar-refractivity contribution is 6.36. The Bertz CT molecular complexity index is 640. The Hall–Kier alpha value is -1.26. The number of nitrogens with two attached hydrogens (primary N) is 1. The summed E-state index contributed by atoms with van der Waals surface area (Å²) in [6.45, 7) is 0.720. The maximum Gasteiger partial charge on any atom is 0.127 e. The number of benzene rings is 2. The van der Waals surface area contributed by atoms with Crippen molar-refractivity contribution in [2.75, 3.05) is 6.61 Å². The highest BCUT2D eigenvalue weighted by Gasteiger charge is 2.24. The Morgan fingerprint density at radius 2 is 1.81 bits per heavy atom. The fraction of sp³-hybridized carbons (Fsp3) is 0.250. The number of fused-ring (bicyclic) bond motifs is 1. The molecule has 1 aliphatic rings. The van der Waals surface area contributed by atoms with Crippen LogP contribution in [0.25, 0.3) is 0 Å². The summed E-state index contributed by atoms with van der Waals surface area (Å²) in [7, 11) is 0. The molecule has 0 aromatic heterocycles. The molecule has 0 radical (unpaired) electrons. The minimum Gasteiger partial charge on any atom is -0.493 e. The largest absolute Gasteiger partial charge is 0.493 e. The third kappa shape index (κ3) is 2.74. The van der Waals surface area contributed by atoms with E-state index in [0.29, 0.717) is 10.0 Å². The average molecular weight is 323 g/mol. The molecule has 1 aliphatic heterocycles. The van der Waals surface area contributed by atoms with Crippen LogP contribution in [-0.2, 0) is 6.42 Å². The first-order valence-electron chi connectivity index (χ1n) is 6.87. The zero-order chi connectivity index (χ0) is 14.8. The quantitative estimate of drug-likeness (QED) is 0.666. The lowest BCUT2D eigenvalue weighted by Crippen LogP contribution is -2.30. The zero-order valence-electron chi connectivity index (χ0n) is 11.4. The normalized spacial score (nSPS) is 15.2. The van der Waals surface area contributed by atoms with E-state index in [0.717, 1.165) is 36.3 Å². The second-order valence-corrected chi connectivity index (χ2v) is 5.84. The fourth-order valence-electron chi connectivity index (χ4n) is 2.76. The molecule has 2 aromatic carbocycles. The topological polar surface area (TPSA) is 47.3 Å². The average Bonchev–Trinajstić information content (AvgIpc) is 2.51. The highest BCUT2D eigenvalue weighted by atomic mass is 35.5. The zero-order valence-corrected chi connectivity index (χ0v) is 12.9. The van der Waals surface area contributed by atoms with Gasteiger partial charge in [-0.2, -0.15) is 0 Å². The summed E-state index contributed by atoms with van der Waals surface area (Å²) in [5.74, 6) is 6.68. The Labute approximate surface area is 134 Å². The number of hydrogen-bond acceptors (Lipinski definition) is 3. The molecule has 3 nitrogen and oxygen atoms in total. The van der Waals surface area contributed by atoms with E-state index in [4.69, 9.17) is 33.8 Å². The molecule has 110 valence electrons. The molecule has 3 rings (SSSR count). The Morgan fingerprint density at radius 3 is 2.52 bits per heavy atom. The molecule has 21 heavy (non-hydrogen) atoms. The van der Waals surface area contributed by atoms with Crippen LogP contribution in [0.3, 0.4) is 0 Å². The van der Waals surface area contributed by atoms with Crippen LogP contribution in [0.1, 0.15) is 29.2 Å². The summed E-state index contributed by atoms with van der Waals surface area (Å²) in [5, 5.41) is 1.16.